The molecule has 9 N–H and O–H groups in total. The van der Waals surface area contributed by atoms with E-state index in [2.05, 4.69) is 25.9 Å². The number of amides is 4. The zero-order valence-electron chi connectivity index (χ0n) is 18.1. The molecule has 0 saturated carbocycles. The van der Waals surface area contributed by atoms with Gasteiger partial charge in [-0.15, -0.1) is 0 Å². The first-order valence-electron chi connectivity index (χ1n) is 10.1. The molecule has 32 heavy (non-hydrogen) atoms. The number of primary amides is 1. The SMILES string of the molecule is CC(C)CC(N)C(=O)NCC(=O)NC(Cc1cnc[nH]1)C(=O)NC(CCC(N)=O)C(=O)O. The molecule has 0 bridgehead atoms. The number of aromatic amines is 1. The van der Waals surface area contributed by atoms with Gasteiger partial charge in [-0.2, -0.15) is 0 Å². The van der Waals surface area contributed by atoms with E-state index in [0.717, 1.165) is 0 Å². The maximum absolute atomic E-state index is 12.7. The summed E-state index contributed by atoms with van der Waals surface area (Å²) in [5.74, 6) is -3.81. The van der Waals surface area contributed by atoms with Crippen LogP contribution in [0, 0.1) is 5.92 Å². The van der Waals surface area contributed by atoms with Crippen LogP contribution >= 0.6 is 0 Å². The molecule has 13 nitrogen and oxygen atoms in total. The van der Waals surface area contributed by atoms with E-state index in [1.165, 1.54) is 12.5 Å². The van der Waals surface area contributed by atoms with Crippen molar-refractivity contribution in [2.24, 2.45) is 17.4 Å². The van der Waals surface area contributed by atoms with Crippen molar-refractivity contribution >= 4 is 29.6 Å². The van der Waals surface area contributed by atoms with Gasteiger partial charge in [0.15, 0.2) is 0 Å². The molecule has 0 saturated heterocycles. The molecule has 178 valence electrons. The van der Waals surface area contributed by atoms with Crippen molar-refractivity contribution in [2.75, 3.05) is 6.54 Å². The Balaban J connectivity index is 2.77. The largest absolute Gasteiger partial charge is 0.480 e. The fourth-order valence-electron chi connectivity index (χ4n) is 2.80. The lowest BCUT2D eigenvalue weighted by Gasteiger charge is -2.21. The Morgan fingerprint density at radius 2 is 1.81 bits per heavy atom. The number of carboxylic acid groups (broad SMARTS) is 1. The first kappa shape index (κ1) is 26.6. The highest BCUT2D eigenvalue weighted by Gasteiger charge is 2.27. The molecule has 4 amide bonds. The number of aromatic nitrogens is 2. The quantitative estimate of drug-likeness (QED) is 0.163. The molecule has 0 aliphatic rings. The molecule has 0 fully saturated rings. The summed E-state index contributed by atoms with van der Waals surface area (Å²) in [4.78, 5) is 66.0. The minimum absolute atomic E-state index is 0.0134. The highest BCUT2D eigenvalue weighted by Crippen LogP contribution is 2.04. The molecule has 1 aromatic heterocycles. The average Bonchev–Trinajstić information content (AvgIpc) is 3.20. The Kier molecular flexibility index (Phi) is 10.8. The summed E-state index contributed by atoms with van der Waals surface area (Å²) in [6, 6.07) is -3.31. The molecule has 0 aromatic carbocycles. The molecule has 0 spiro atoms. The van der Waals surface area contributed by atoms with Gasteiger partial charge >= 0.3 is 5.97 Å². The Hall–Kier alpha value is -3.48. The number of carbonyl (C=O) groups excluding carboxylic acids is 4. The highest BCUT2D eigenvalue weighted by atomic mass is 16.4. The molecule has 3 unspecified atom stereocenters. The van der Waals surface area contributed by atoms with Crippen LogP contribution in [0.3, 0.4) is 0 Å². The molecule has 13 heteroatoms. The fraction of sp³-hybridized carbons (Fsp3) is 0.579. The molecular weight excluding hydrogens is 422 g/mol. The number of hydrogen-bond acceptors (Lipinski definition) is 7. The lowest BCUT2D eigenvalue weighted by Crippen LogP contribution is -2.54. The van der Waals surface area contributed by atoms with E-state index >= 15 is 0 Å². The van der Waals surface area contributed by atoms with Gasteiger partial charge in [0.1, 0.15) is 12.1 Å². The van der Waals surface area contributed by atoms with Gasteiger partial charge < -0.3 is 37.5 Å². The fourth-order valence-corrected chi connectivity index (χ4v) is 2.80. The third-order valence-electron chi connectivity index (χ3n) is 4.41. The Bertz CT molecular complexity index is 796. The van der Waals surface area contributed by atoms with Crippen LogP contribution in [0.5, 0.6) is 0 Å². The van der Waals surface area contributed by atoms with Crippen LogP contribution in [0.25, 0.3) is 0 Å². The maximum atomic E-state index is 12.7. The first-order valence-corrected chi connectivity index (χ1v) is 10.1. The zero-order chi connectivity index (χ0) is 24.3. The molecule has 3 atom stereocenters. The number of hydrogen-bond donors (Lipinski definition) is 7. The van der Waals surface area contributed by atoms with Crippen LogP contribution in [0.1, 0.15) is 38.8 Å². The van der Waals surface area contributed by atoms with Crippen LogP contribution in [0.4, 0.5) is 0 Å². The predicted molar refractivity (Wildman–Crippen MR) is 113 cm³/mol. The van der Waals surface area contributed by atoms with Crippen molar-refractivity contribution in [3.05, 3.63) is 18.2 Å². The average molecular weight is 454 g/mol. The second-order valence-electron chi connectivity index (χ2n) is 7.76. The summed E-state index contributed by atoms with van der Waals surface area (Å²) in [6.07, 6.45) is 2.82. The smallest absolute Gasteiger partial charge is 0.326 e. The molecular formula is C19H31N7O6. The standard InChI is InChI=1S/C19H31N7O6/c1-10(2)5-12(20)17(29)23-8-16(28)25-14(6-11-7-22-9-24-11)18(30)26-13(19(31)32)3-4-15(21)27/h7,9-10,12-14H,3-6,8,20H2,1-2H3,(H2,21,27)(H,22,24)(H,23,29)(H,25,28)(H,26,30)(H,31,32). The second-order valence-corrected chi connectivity index (χ2v) is 7.76. The number of imidazole rings is 1. The third-order valence-corrected chi connectivity index (χ3v) is 4.41. The van der Waals surface area contributed by atoms with Crippen LogP contribution < -0.4 is 27.4 Å². The third kappa shape index (κ3) is 10.0. The number of nitrogens with two attached hydrogens (primary N) is 2. The number of aliphatic carboxylic acids is 1. The summed E-state index contributed by atoms with van der Waals surface area (Å²) in [5, 5.41) is 16.4. The van der Waals surface area contributed by atoms with E-state index in [4.69, 9.17) is 11.5 Å². The molecule has 1 aromatic rings. The van der Waals surface area contributed by atoms with E-state index in [9.17, 15) is 29.1 Å². The molecule has 0 radical (unpaired) electrons. The zero-order valence-corrected chi connectivity index (χ0v) is 18.1. The monoisotopic (exact) mass is 453 g/mol. The Labute approximate surface area is 185 Å². The van der Waals surface area contributed by atoms with Gasteiger partial charge in [-0.25, -0.2) is 9.78 Å². The van der Waals surface area contributed by atoms with Crippen LogP contribution in [0.15, 0.2) is 12.5 Å². The van der Waals surface area contributed by atoms with Gasteiger partial charge in [0, 0.05) is 24.7 Å². The number of H-pyrrole nitrogens is 1. The minimum Gasteiger partial charge on any atom is -0.480 e. The number of nitrogens with zero attached hydrogens (tertiary/aromatic N) is 1. The van der Waals surface area contributed by atoms with E-state index in [-0.39, 0.29) is 25.2 Å². The molecule has 0 aliphatic carbocycles. The van der Waals surface area contributed by atoms with Gasteiger partial charge in [0.2, 0.25) is 23.6 Å². The Morgan fingerprint density at radius 1 is 1.12 bits per heavy atom. The van der Waals surface area contributed by atoms with E-state index in [1.54, 1.807) is 0 Å². The number of carboxylic acids is 1. The summed E-state index contributed by atoms with van der Waals surface area (Å²) in [5.41, 5.74) is 11.3. The van der Waals surface area contributed by atoms with E-state index in [1.807, 2.05) is 13.8 Å². The van der Waals surface area contributed by atoms with Crippen LogP contribution in [0.2, 0.25) is 0 Å². The van der Waals surface area contributed by atoms with Crippen molar-refractivity contribution < 1.29 is 29.1 Å². The summed E-state index contributed by atoms with van der Waals surface area (Å²) in [7, 11) is 0. The molecule has 1 rings (SSSR count). The molecule has 0 aliphatic heterocycles. The second kappa shape index (κ2) is 13.0. The van der Waals surface area contributed by atoms with Crippen molar-refractivity contribution in [3.8, 4) is 0 Å². The molecule has 1 heterocycles. The number of rotatable bonds is 14. The van der Waals surface area contributed by atoms with Gasteiger partial charge in [-0.1, -0.05) is 13.8 Å². The van der Waals surface area contributed by atoms with Crippen LogP contribution in [-0.2, 0) is 30.4 Å². The summed E-state index contributed by atoms with van der Waals surface area (Å²) in [6.45, 7) is 3.40. The summed E-state index contributed by atoms with van der Waals surface area (Å²) < 4.78 is 0. The lowest BCUT2D eigenvalue weighted by molar-refractivity contribution is -0.142. The van der Waals surface area contributed by atoms with Gasteiger partial charge in [0.25, 0.3) is 0 Å². The van der Waals surface area contributed by atoms with Crippen molar-refractivity contribution in [1.29, 1.82) is 0 Å². The number of carbonyl (C=O) groups is 5. The van der Waals surface area contributed by atoms with Crippen molar-refractivity contribution in [3.63, 3.8) is 0 Å². The lowest BCUT2D eigenvalue weighted by atomic mass is 10.0. The maximum Gasteiger partial charge on any atom is 0.326 e. The normalized spacial score (nSPS) is 13.6. The van der Waals surface area contributed by atoms with Gasteiger partial charge in [-0.3, -0.25) is 19.2 Å². The van der Waals surface area contributed by atoms with Gasteiger partial charge in [0.05, 0.1) is 18.9 Å². The van der Waals surface area contributed by atoms with Crippen molar-refractivity contribution in [2.45, 2.75) is 57.7 Å². The summed E-state index contributed by atoms with van der Waals surface area (Å²) >= 11 is 0. The van der Waals surface area contributed by atoms with Crippen molar-refractivity contribution in [1.82, 2.24) is 25.9 Å². The van der Waals surface area contributed by atoms with E-state index in [0.29, 0.717) is 12.1 Å². The predicted octanol–water partition coefficient (Wildman–Crippen LogP) is -2.24. The van der Waals surface area contributed by atoms with Crippen LogP contribution in [-0.4, -0.2) is 69.3 Å². The van der Waals surface area contributed by atoms with Gasteiger partial charge in [-0.05, 0) is 18.8 Å². The minimum atomic E-state index is -1.37. The Morgan fingerprint density at radius 3 is 2.34 bits per heavy atom. The van der Waals surface area contributed by atoms with E-state index < -0.39 is 54.3 Å². The highest BCUT2D eigenvalue weighted by molar-refractivity contribution is 5.92. The first-order chi connectivity index (χ1) is 15.0. The topological polar surface area (TPSA) is 222 Å². The number of nitrogens with one attached hydrogen (secondary N) is 4.